The molecule has 1 amide bonds. The lowest BCUT2D eigenvalue weighted by atomic mass is 10.0. The third kappa shape index (κ3) is 6.47. The minimum absolute atomic E-state index is 0.0217. The van der Waals surface area contributed by atoms with E-state index >= 15 is 0 Å². The average molecular weight is 558 g/mol. The zero-order valence-corrected chi connectivity index (χ0v) is 21.3. The maximum Gasteiger partial charge on any atom is 0.451 e. The molecule has 2 aromatic heterocycles. The van der Waals surface area contributed by atoms with Gasteiger partial charge in [0.2, 0.25) is 11.7 Å². The molecule has 7 nitrogen and oxygen atoms in total. The second-order valence-electron chi connectivity index (χ2n) is 9.26. The summed E-state index contributed by atoms with van der Waals surface area (Å²) in [7, 11) is 0. The molecule has 204 valence electrons. The van der Waals surface area contributed by atoms with Crippen molar-refractivity contribution in [1.82, 2.24) is 25.2 Å². The first-order chi connectivity index (χ1) is 17.8. The van der Waals surface area contributed by atoms with Crippen LogP contribution in [0.5, 0.6) is 5.88 Å². The normalized spacial score (nSPS) is 17.0. The highest BCUT2D eigenvalue weighted by molar-refractivity contribution is 6.35. The van der Waals surface area contributed by atoms with Gasteiger partial charge in [0.15, 0.2) is 0 Å². The maximum atomic E-state index is 13.8. The molecule has 0 spiro atoms. The standard InChI is InChI=1S/C25H25ClF5N5O2/c1-14(2)38-20-6-3-16-18(35-20)5-4-17(26)21(16)22(37)32-13-19(36-9-7-24(27,28)8-10-36)15-11-33-23(34-12-15)25(29,30)31/h3-6,11-12,14,19H,7-10,13H2,1-2H3,(H,32,37). The first kappa shape index (κ1) is 27.9. The number of amides is 1. The molecule has 1 unspecified atom stereocenters. The van der Waals surface area contributed by atoms with E-state index in [9.17, 15) is 26.7 Å². The van der Waals surface area contributed by atoms with Crippen molar-refractivity contribution >= 4 is 28.4 Å². The smallest absolute Gasteiger partial charge is 0.451 e. The molecule has 1 aliphatic heterocycles. The largest absolute Gasteiger partial charge is 0.475 e. The molecular formula is C25H25ClF5N5O2. The summed E-state index contributed by atoms with van der Waals surface area (Å²) in [6.07, 6.45) is -3.65. The summed E-state index contributed by atoms with van der Waals surface area (Å²) in [5, 5.41) is 3.39. The highest BCUT2D eigenvalue weighted by Crippen LogP contribution is 2.33. The first-order valence-corrected chi connectivity index (χ1v) is 12.3. The average Bonchev–Trinajstić information content (AvgIpc) is 2.84. The SMILES string of the molecule is CC(C)Oc1ccc2c(C(=O)NCC(c3cnc(C(F)(F)F)nc3)N3CCC(F)(F)CC3)c(Cl)ccc2n1. The van der Waals surface area contributed by atoms with Gasteiger partial charge in [-0.25, -0.2) is 23.7 Å². The minimum atomic E-state index is -4.73. The van der Waals surface area contributed by atoms with Crippen molar-refractivity contribution in [2.45, 2.75) is 50.9 Å². The number of nitrogens with one attached hydrogen (secondary N) is 1. The summed E-state index contributed by atoms with van der Waals surface area (Å²) >= 11 is 6.35. The lowest BCUT2D eigenvalue weighted by Gasteiger charge is -2.37. The van der Waals surface area contributed by atoms with Crippen LogP contribution in [0.1, 0.15) is 54.5 Å². The Bertz CT molecular complexity index is 1290. The van der Waals surface area contributed by atoms with Crippen LogP contribution in [0, 0.1) is 0 Å². The second kappa shape index (κ2) is 10.9. The molecule has 0 bridgehead atoms. The molecule has 1 aromatic carbocycles. The summed E-state index contributed by atoms with van der Waals surface area (Å²) in [5.74, 6) is -4.32. The molecule has 1 N–H and O–H groups in total. The highest BCUT2D eigenvalue weighted by atomic mass is 35.5. The number of benzene rings is 1. The number of hydrogen-bond acceptors (Lipinski definition) is 6. The molecule has 1 aliphatic rings. The van der Waals surface area contributed by atoms with E-state index in [1.54, 1.807) is 23.1 Å². The van der Waals surface area contributed by atoms with Crippen LogP contribution in [-0.2, 0) is 6.18 Å². The fourth-order valence-electron chi connectivity index (χ4n) is 4.25. The summed E-state index contributed by atoms with van der Waals surface area (Å²) in [6.45, 7) is 3.56. The molecule has 0 aliphatic carbocycles. The Labute approximate surface area is 220 Å². The summed E-state index contributed by atoms with van der Waals surface area (Å²) in [5.41, 5.74) is 0.883. The van der Waals surface area contributed by atoms with Gasteiger partial charge in [0.05, 0.1) is 28.2 Å². The first-order valence-electron chi connectivity index (χ1n) is 11.9. The Morgan fingerprint density at radius 2 is 1.79 bits per heavy atom. The van der Waals surface area contributed by atoms with Crippen molar-refractivity contribution in [3.05, 3.63) is 58.6 Å². The molecule has 1 saturated heterocycles. The van der Waals surface area contributed by atoms with E-state index in [4.69, 9.17) is 16.3 Å². The third-order valence-electron chi connectivity index (χ3n) is 6.11. The van der Waals surface area contributed by atoms with Crippen LogP contribution in [0.4, 0.5) is 22.0 Å². The number of aromatic nitrogens is 3. The number of alkyl halides is 5. The van der Waals surface area contributed by atoms with Gasteiger partial charge in [0, 0.05) is 61.9 Å². The van der Waals surface area contributed by atoms with E-state index in [1.165, 1.54) is 6.07 Å². The number of fused-ring (bicyclic) bond motifs is 1. The van der Waals surface area contributed by atoms with Crippen molar-refractivity contribution < 1.29 is 31.5 Å². The van der Waals surface area contributed by atoms with Crippen molar-refractivity contribution in [2.24, 2.45) is 0 Å². The number of piperidine rings is 1. The number of rotatable bonds is 7. The number of carbonyl (C=O) groups is 1. The topological polar surface area (TPSA) is 80.2 Å². The monoisotopic (exact) mass is 557 g/mol. The van der Waals surface area contributed by atoms with Crippen LogP contribution in [0.2, 0.25) is 5.02 Å². The van der Waals surface area contributed by atoms with E-state index in [-0.39, 0.29) is 41.9 Å². The van der Waals surface area contributed by atoms with Crippen LogP contribution in [0.15, 0.2) is 36.7 Å². The van der Waals surface area contributed by atoms with E-state index < -0.39 is 42.7 Å². The van der Waals surface area contributed by atoms with Gasteiger partial charge in [-0.1, -0.05) is 11.6 Å². The van der Waals surface area contributed by atoms with Gasteiger partial charge in [-0.15, -0.1) is 0 Å². The van der Waals surface area contributed by atoms with Crippen molar-refractivity contribution in [3.63, 3.8) is 0 Å². The van der Waals surface area contributed by atoms with Crippen molar-refractivity contribution in [2.75, 3.05) is 19.6 Å². The molecule has 13 heteroatoms. The molecule has 3 aromatic rings. The van der Waals surface area contributed by atoms with Gasteiger partial charge in [-0.2, -0.15) is 13.2 Å². The Morgan fingerprint density at radius 3 is 2.39 bits per heavy atom. The van der Waals surface area contributed by atoms with E-state index in [0.29, 0.717) is 16.8 Å². The fraction of sp³-hybridized carbons (Fsp3) is 0.440. The Morgan fingerprint density at radius 1 is 1.13 bits per heavy atom. The van der Waals surface area contributed by atoms with E-state index in [1.807, 2.05) is 13.8 Å². The second-order valence-corrected chi connectivity index (χ2v) is 9.67. The van der Waals surface area contributed by atoms with E-state index in [0.717, 1.165) is 12.4 Å². The highest BCUT2D eigenvalue weighted by Gasteiger charge is 2.38. The van der Waals surface area contributed by atoms with Crippen LogP contribution in [0.3, 0.4) is 0 Å². The number of nitrogens with zero attached hydrogens (tertiary/aromatic N) is 4. The van der Waals surface area contributed by atoms with Gasteiger partial charge in [-0.05, 0) is 32.0 Å². The Balaban J connectivity index is 1.59. The van der Waals surface area contributed by atoms with Gasteiger partial charge in [-0.3, -0.25) is 9.69 Å². The van der Waals surface area contributed by atoms with Gasteiger partial charge in [0.25, 0.3) is 11.8 Å². The lowest BCUT2D eigenvalue weighted by molar-refractivity contribution is -0.145. The zero-order valence-electron chi connectivity index (χ0n) is 20.5. The molecule has 4 rings (SSSR count). The third-order valence-corrected chi connectivity index (χ3v) is 6.43. The lowest BCUT2D eigenvalue weighted by Crippen LogP contribution is -2.45. The Kier molecular flexibility index (Phi) is 8.03. The minimum Gasteiger partial charge on any atom is -0.475 e. The number of carbonyl (C=O) groups excluding carboxylic acids is 1. The van der Waals surface area contributed by atoms with Gasteiger partial charge < -0.3 is 10.1 Å². The number of ether oxygens (including phenoxy) is 1. The molecule has 0 radical (unpaired) electrons. The summed E-state index contributed by atoms with van der Waals surface area (Å²) in [4.78, 5) is 26.2. The molecule has 0 saturated carbocycles. The van der Waals surface area contributed by atoms with E-state index in [2.05, 4.69) is 20.3 Å². The van der Waals surface area contributed by atoms with Crippen molar-refractivity contribution in [1.29, 1.82) is 0 Å². The summed E-state index contributed by atoms with van der Waals surface area (Å²) in [6, 6.07) is 5.72. The quantitative estimate of drug-likeness (QED) is 0.376. The molecule has 1 atom stereocenters. The van der Waals surface area contributed by atoms with Crippen LogP contribution < -0.4 is 10.1 Å². The molecular weight excluding hydrogens is 533 g/mol. The number of likely N-dealkylation sites (tertiary alicyclic amines) is 1. The predicted octanol–water partition coefficient (Wildman–Crippen LogP) is 5.69. The predicted molar refractivity (Wildman–Crippen MR) is 130 cm³/mol. The summed E-state index contributed by atoms with van der Waals surface area (Å²) < 4.78 is 72.0. The molecule has 1 fully saturated rings. The Hall–Kier alpha value is -3.12. The van der Waals surface area contributed by atoms with Crippen LogP contribution in [0.25, 0.3) is 10.9 Å². The molecule has 3 heterocycles. The number of hydrogen-bond donors (Lipinski definition) is 1. The molecule has 38 heavy (non-hydrogen) atoms. The maximum absolute atomic E-state index is 13.8. The number of halogens is 6. The van der Waals surface area contributed by atoms with Crippen LogP contribution >= 0.6 is 11.6 Å². The van der Waals surface area contributed by atoms with Crippen LogP contribution in [-0.4, -0.2) is 57.4 Å². The number of pyridine rings is 1. The van der Waals surface area contributed by atoms with Gasteiger partial charge in [0.1, 0.15) is 0 Å². The zero-order chi connectivity index (χ0) is 27.7. The van der Waals surface area contributed by atoms with Gasteiger partial charge >= 0.3 is 6.18 Å². The fourth-order valence-corrected chi connectivity index (χ4v) is 4.50. The van der Waals surface area contributed by atoms with Crippen molar-refractivity contribution in [3.8, 4) is 5.88 Å².